The molecule has 1 amide bonds. The van der Waals surface area contributed by atoms with E-state index in [-0.39, 0.29) is 5.76 Å². The maximum absolute atomic E-state index is 11.8. The van der Waals surface area contributed by atoms with Crippen molar-refractivity contribution in [1.29, 1.82) is 0 Å². The number of nitrogens with one attached hydrogen (secondary N) is 1. The number of carboxylic acid groups (broad SMARTS) is 1. The lowest BCUT2D eigenvalue weighted by atomic mass is 9.87. The molecule has 19 heavy (non-hydrogen) atoms. The van der Waals surface area contributed by atoms with Crippen LogP contribution in [0.25, 0.3) is 0 Å². The molecular formula is C11H14N2O6. The highest BCUT2D eigenvalue weighted by molar-refractivity contribution is 5.94. The molecule has 1 aromatic heterocycles. The van der Waals surface area contributed by atoms with Crippen molar-refractivity contribution >= 4 is 17.8 Å². The van der Waals surface area contributed by atoms with Crippen LogP contribution in [0, 0.1) is 15.5 Å². The van der Waals surface area contributed by atoms with Gasteiger partial charge in [0, 0.05) is 0 Å². The Morgan fingerprint density at radius 1 is 1.42 bits per heavy atom. The fourth-order valence-electron chi connectivity index (χ4n) is 1.40. The van der Waals surface area contributed by atoms with Crippen molar-refractivity contribution in [2.75, 3.05) is 0 Å². The Labute approximate surface area is 108 Å². The highest BCUT2D eigenvalue weighted by Gasteiger charge is 2.33. The van der Waals surface area contributed by atoms with Gasteiger partial charge in [-0.05, 0) is 11.5 Å². The topological polar surface area (TPSA) is 123 Å². The second-order valence-corrected chi connectivity index (χ2v) is 5.01. The van der Waals surface area contributed by atoms with E-state index in [1.165, 1.54) is 0 Å². The molecule has 1 atom stereocenters. The van der Waals surface area contributed by atoms with Crippen molar-refractivity contribution in [3.63, 3.8) is 0 Å². The van der Waals surface area contributed by atoms with Crippen molar-refractivity contribution in [3.8, 4) is 0 Å². The summed E-state index contributed by atoms with van der Waals surface area (Å²) in [5.41, 5.74) is -0.708. The van der Waals surface area contributed by atoms with E-state index in [0.717, 1.165) is 12.1 Å². The van der Waals surface area contributed by atoms with E-state index in [4.69, 9.17) is 9.52 Å². The molecule has 1 heterocycles. The lowest BCUT2D eigenvalue weighted by Crippen LogP contribution is -2.49. The van der Waals surface area contributed by atoms with Crippen LogP contribution in [0.15, 0.2) is 16.5 Å². The number of hydrogen-bond acceptors (Lipinski definition) is 5. The van der Waals surface area contributed by atoms with Crippen molar-refractivity contribution in [1.82, 2.24) is 5.32 Å². The normalized spacial score (nSPS) is 12.8. The number of nitrogens with zero attached hydrogens (tertiary/aromatic N) is 1. The molecule has 0 unspecified atom stereocenters. The number of carbonyl (C=O) groups excluding carboxylic acids is 1. The Morgan fingerprint density at radius 3 is 2.37 bits per heavy atom. The third-order valence-electron chi connectivity index (χ3n) is 2.38. The van der Waals surface area contributed by atoms with Crippen LogP contribution in [0.5, 0.6) is 0 Å². The maximum atomic E-state index is 11.8. The van der Waals surface area contributed by atoms with E-state index in [1.807, 2.05) is 0 Å². The molecule has 0 fully saturated rings. The van der Waals surface area contributed by atoms with E-state index in [0.29, 0.717) is 0 Å². The number of hydrogen-bond donors (Lipinski definition) is 2. The molecule has 0 aromatic carbocycles. The highest BCUT2D eigenvalue weighted by atomic mass is 16.6. The molecule has 0 radical (unpaired) electrons. The summed E-state index contributed by atoms with van der Waals surface area (Å²) in [6, 6.07) is 1.01. The van der Waals surface area contributed by atoms with Crippen LogP contribution in [-0.4, -0.2) is 27.9 Å². The number of nitro groups is 1. The van der Waals surface area contributed by atoms with Gasteiger partial charge in [-0.25, -0.2) is 4.79 Å². The molecule has 0 aliphatic rings. The zero-order valence-electron chi connectivity index (χ0n) is 10.7. The van der Waals surface area contributed by atoms with Gasteiger partial charge in [-0.15, -0.1) is 0 Å². The Balaban J connectivity index is 2.88. The zero-order valence-corrected chi connectivity index (χ0v) is 10.7. The van der Waals surface area contributed by atoms with Crippen molar-refractivity contribution < 1.29 is 24.0 Å². The number of carboxylic acids is 1. The summed E-state index contributed by atoms with van der Waals surface area (Å²) in [4.78, 5) is 32.5. The largest absolute Gasteiger partial charge is 0.480 e. The van der Waals surface area contributed by atoms with Crippen LogP contribution in [0.4, 0.5) is 5.88 Å². The maximum Gasteiger partial charge on any atom is 0.433 e. The monoisotopic (exact) mass is 270 g/mol. The minimum Gasteiger partial charge on any atom is -0.480 e. The number of aliphatic carboxylic acids is 1. The number of rotatable bonds is 4. The summed E-state index contributed by atoms with van der Waals surface area (Å²) in [5.74, 6) is -2.88. The van der Waals surface area contributed by atoms with Crippen LogP contribution in [-0.2, 0) is 4.79 Å². The van der Waals surface area contributed by atoms with Gasteiger partial charge in [0.15, 0.2) is 5.76 Å². The number of carbonyl (C=O) groups is 2. The van der Waals surface area contributed by atoms with Gasteiger partial charge in [0.05, 0.1) is 6.07 Å². The van der Waals surface area contributed by atoms with Crippen LogP contribution >= 0.6 is 0 Å². The molecule has 1 aromatic rings. The van der Waals surface area contributed by atoms with Crippen LogP contribution in [0.1, 0.15) is 31.3 Å². The Bertz CT molecular complexity index is 514. The third-order valence-corrected chi connectivity index (χ3v) is 2.38. The summed E-state index contributed by atoms with van der Waals surface area (Å²) in [7, 11) is 0. The fourth-order valence-corrected chi connectivity index (χ4v) is 1.40. The zero-order chi connectivity index (χ0) is 14.8. The van der Waals surface area contributed by atoms with Gasteiger partial charge < -0.3 is 14.8 Å². The lowest BCUT2D eigenvalue weighted by molar-refractivity contribution is -0.402. The van der Waals surface area contributed by atoms with E-state index in [1.54, 1.807) is 20.8 Å². The average Bonchev–Trinajstić information content (AvgIpc) is 2.72. The van der Waals surface area contributed by atoms with Crippen LogP contribution in [0.2, 0.25) is 0 Å². The molecule has 0 saturated carbocycles. The molecule has 104 valence electrons. The standard InChI is InChI=1S/C11H14N2O6/c1-11(2,3)8(10(15)16)12-9(14)6-4-5-7(19-6)13(17)18/h4-5,8H,1-3H3,(H,12,14)(H,15,16)/t8-/m1/s1. The molecule has 0 bridgehead atoms. The van der Waals surface area contributed by atoms with Gasteiger partial charge in [0.2, 0.25) is 0 Å². The van der Waals surface area contributed by atoms with Crippen LogP contribution < -0.4 is 5.32 Å². The summed E-state index contributed by atoms with van der Waals surface area (Å²) in [6.45, 7) is 4.95. The van der Waals surface area contributed by atoms with Gasteiger partial charge in [-0.2, -0.15) is 0 Å². The molecule has 0 spiro atoms. The lowest BCUT2D eigenvalue weighted by Gasteiger charge is -2.27. The first kappa shape index (κ1) is 14.7. The molecule has 8 nitrogen and oxygen atoms in total. The van der Waals surface area contributed by atoms with Gasteiger partial charge in [0.25, 0.3) is 5.91 Å². The molecular weight excluding hydrogens is 256 g/mol. The third kappa shape index (κ3) is 3.54. The molecule has 2 N–H and O–H groups in total. The molecule has 8 heteroatoms. The predicted molar refractivity (Wildman–Crippen MR) is 63.7 cm³/mol. The molecule has 0 aliphatic heterocycles. The van der Waals surface area contributed by atoms with Crippen LogP contribution in [0.3, 0.4) is 0 Å². The first-order valence-electron chi connectivity index (χ1n) is 5.41. The van der Waals surface area contributed by atoms with E-state index >= 15 is 0 Å². The minimum atomic E-state index is -1.19. The summed E-state index contributed by atoms with van der Waals surface area (Å²) in [6.07, 6.45) is 0. The first-order chi connectivity index (χ1) is 8.62. The summed E-state index contributed by atoms with van der Waals surface area (Å²) < 4.78 is 4.70. The second-order valence-electron chi connectivity index (χ2n) is 5.01. The number of amides is 1. The van der Waals surface area contributed by atoms with E-state index in [2.05, 4.69) is 5.32 Å². The van der Waals surface area contributed by atoms with Gasteiger partial charge in [-0.3, -0.25) is 14.9 Å². The number of furan rings is 1. The van der Waals surface area contributed by atoms with E-state index in [9.17, 15) is 19.7 Å². The van der Waals surface area contributed by atoms with Crippen molar-refractivity contribution in [2.45, 2.75) is 26.8 Å². The first-order valence-corrected chi connectivity index (χ1v) is 5.41. The van der Waals surface area contributed by atoms with Crippen molar-refractivity contribution in [2.24, 2.45) is 5.41 Å². The Morgan fingerprint density at radius 2 is 2.00 bits per heavy atom. The summed E-state index contributed by atoms with van der Waals surface area (Å²) in [5, 5.41) is 21.7. The van der Waals surface area contributed by atoms with E-state index < -0.39 is 34.1 Å². The quantitative estimate of drug-likeness (QED) is 0.630. The Kier molecular flexibility index (Phi) is 3.93. The summed E-state index contributed by atoms with van der Waals surface area (Å²) >= 11 is 0. The SMILES string of the molecule is CC(C)(C)[C@H](NC(=O)c1ccc([N+](=O)[O-])o1)C(=O)O. The molecule has 1 rings (SSSR count). The molecule has 0 aliphatic carbocycles. The second kappa shape index (κ2) is 5.09. The van der Waals surface area contributed by atoms with Gasteiger partial charge in [-0.1, -0.05) is 20.8 Å². The predicted octanol–water partition coefficient (Wildman–Crippen LogP) is 1.42. The van der Waals surface area contributed by atoms with Gasteiger partial charge in [0.1, 0.15) is 11.0 Å². The molecule has 0 saturated heterocycles. The fraction of sp³-hybridized carbons (Fsp3) is 0.455. The van der Waals surface area contributed by atoms with Gasteiger partial charge >= 0.3 is 11.9 Å². The van der Waals surface area contributed by atoms with Crippen molar-refractivity contribution in [3.05, 3.63) is 28.0 Å². The minimum absolute atomic E-state index is 0.304. The smallest absolute Gasteiger partial charge is 0.433 e. The highest BCUT2D eigenvalue weighted by Crippen LogP contribution is 2.21. The Hall–Kier alpha value is -2.38. The average molecular weight is 270 g/mol.